The monoisotopic (exact) mass is 468 g/mol. The van der Waals surface area contributed by atoms with Crippen molar-refractivity contribution in [1.29, 1.82) is 0 Å². The lowest BCUT2D eigenvalue weighted by molar-refractivity contribution is -0.122. The number of nitrogens with zero attached hydrogens (tertiary/aromatic N) is 3. The van der Waals surface area contributed by atoms with Gasteiger partial charge in [-0.15, -0.1) is 11.3 Å². The van der Waals surface area contributed by atoms with E-state index < -0.39 is 0 Å². The maximum Gasteiger partial charge on any atom is 0.234 e. The summed E-state index contributed by atoms with van der Waals surface area (Å²) in [5.41, 5.74) is 2.45. The molecule has 33 heavy (non-hydrogen) atoms. The lowest BCUT2D eigenvalue weighted by Crippen LogP contribution is -2.41. The molecule has 1 N–H and O–H groups in total. The molecule has 2 fully saturated rings. The maximum atomic E-state index is 14.6. The van der Waals surface area contributed by atoms with E-state index in [0.29, 0.717) is 51.0 Å². The molecule has 174 valence electrons. The first-order valence-electron chi connectivity index (χ1n) is 11.6. The number of hydrogen-bond donors (Lipinski definition) is 1. The second-order valence-electron chi connectivity index (χ2n) is 8.73. The number of anilines is 1. The van der Waals surface area contributed by atoms with Gasteiger partial charge in [-0.25, -0.2) is 9.37 Å². The van der Waals surface area contributed by atoms with Crippen LogP contribution in [0.4, 0.5) is 10.1 Å². The Hall–Kier alpha value is -2.55. The van der Waals surface area contributed by atoms with Gasteiger partial charge in [0, 0.05) is 25.6 Å². The average molecular weight is 469 g/mol. The van der Waals surface area contributed by atoms with E-state index in [-0.39, 0.29) is 11.7 Å². The molecule has 0 spiro atoms. The summed E-state index contributed by atoms with van der Waals surface area (Å²) < 4.78 is 21.1. The van der Waals surface area contributed by atoms with Crippen molar-refractivity contribution in [3.05, 3.63) is 58.9 Å². The lowest BCUT2D eigenvalue weighted by atomic mass is 9.97. The summed E-state index contributed by atoms with van der Waals surface area (Å²) in [6.07, 6.45) is 2.03. The normalized spacial score (nSPS) is 18.0. The van der Waals surface area contributed by atoms with Gasteiger partial charge in [0.2, 0.25) is 5.91 Å². The molecule has 8 heteroatoms. The lowest BCUT2D eigenvalue weighted by Gasteiger charge is -2.30. The molecule has 2 saturated heterocycles. The number of morpholine rings is 1. The van der Waals surface area contributed by atoms with Gasteiger partial charge in [-0.05, 0) is 55.8 Å². The zero-order valence-corrected chi connectivity index (χ0v) is 19.5. The van der Waals surface area contributed by atoms with E-state index in [1.165, 1.54) is 15.8 Å². The first-order valence-corrected chi connectivity index (χ1v) is 12.4. The number of para-hydroxylation sites is 1. The van der Waals surface area contributed by atoms with Gasteiger partial charge in [-0.2, -0.15) is 0 Å². The number of likely N-dealkylation sites (tertiary alicyclic amines) is 1. The van der Waals surface area contributed by atoms with E-state index in [9.17, 15) is 9.18 Å². The minimum Gasteiger partial charge on any atom is -0.378 e. The Labute approximate surface area is 197 Å². The number of fused-ring (bicyclic) bond motifs is 1. The van der Waals surface area contributed by atoms with Crippen LogP contribution in [0.3, 0.4) is 0 Å². The van der Waals surface area contributed by atoms with Crippen LogP contribution < -0.4 is 10.2 Å². The van der Waals surface area contributed by atoms with Gasteiger partial charge < -0.3 is 15.0 Å². The number of nitrogens with one attached hydrogen (secondary N) is 1. The highest BCUT2D eigenvalue weighted by Gasteiger charge is 2.24. The van der Waals surface area contributed by atoms with E-state index in [4.69, 9.17) is 9.72 Å². The van der Waals surface area contributed by atoms with E-state index in [1.807, 2.05) is 17.0 Å². The van der Waals surface area contributed by atoms with Crippen LogP contribution in [-0.4, -0.2) is 61.7 Å². The Balaban J connectivity index is 1.08. The van der Waals surface area contributed by atoms with Crippen molar-refractivity contribution in [2.45, 2.75) is 25.3 Å². The molecule has 0 unspecified atom stereocenters. The molecule has 6 nitrogen and oxygen atoms in total. The van der Waals surface area contributed by atoms with E-state index in [1.54, 1.807) is 17.4 Å². The number of carbonyl (C=O) groups excluding carboxylic acids is 1. The summed E-state index contributed by atoms with van der Waals surface area (Å²) in [5.74, 6) is 0.196. The third kappa shape index (κ3) is 5.34. The van der Waals surface area contributed by atoms with Crippen molar-refractivity contribution in [3.8, 4) is 0 Å². The number of piperidine rings is 1. The molecule has 3 aromatic rings. The molecule has 0 radical (unpaired) electrons. The fraction of sp³-hybridized carbons (Fsp3) is 0.440. The Morgan fingerprint density at radius 1 is 1.12 bits per heavy atom. The van der Waals surface area contributed by atoms with Crippen LogP contribution in [-0.2, 0) is 16.1 Å². The summed E-state index contributed by atoms with van der Waals surface area (Å²) in [5, 5.41) is 4.15. The predicted octanol–water partition coefficient (Wildman–Crippen LogP) is 3.77. The fourth-order valence-corrected chi connectivity index (χ4v) is 5.72. The van der Waals surface area contributed by atoms with Crippen molar-refractivity contribution in [2.75, 3.05) is 50.8 Å². The number of amides is 1. The van der Waals surface area contributed by atoms with E-state index in [2.05, 4.69) is 28.4 Å². The van der Waals surface area contributed by atoms with Crippen LogP contribution in [0.15, 0.2) is 42.5 Å². The first-order chi connectivity index (χ1) is 16.2. The molecule has 1 aromatic heterocycles. The Morgan fingerprint density at radius 2 is 1.91 bits per heavy atom. The minimum atomic E-state index is -0.249. The first kappa shape index (κ1) is 22.3. The van der Waals surface area contributed by atoms with Crippen LogP contribution in [0, 0.1) is 5.82 Å². The molecular weight excluding hydrogens is 439 g/mol. The van der Waals surface area contributed by atoms with Crippen LogP contribution in [0.5, 0.6) is 0 Å². The number of hydrogen-bond acceptors (Lipinski definition) is 6. The fourth-order valence-electron chi connectivity index (χ4n) is 4.58. The second-order valence-corrected chi connectivity index (χ2v) is 9.79. The maximum absolute atomic E-state index is 14.6. The smallest absolute Gasteiger partial charge is 0.234 e. The number of rotatable bonds is 6. The molecule has 5 rings (SSSR count). The summed E-state index contributed by atoms with van der Waals surface area (Å²) in [4.78, 5) is 21.5. The predicted molar refractivity (Wildman–Crippen MR) is 129 cm³/mol. The molecule has 2 aromatic carbocycles. The topological polar surface area (TPSA) is 57.7 Å². The second kappa shape index (κ2) is 10.2. The van der Waals surface area contributed by atoms with Crippen molar-refractivity contribution in [3.63, 3.8) is 0 Å². The zero-order valence-electron chi connectivity index (χ0n) is 18.6. The number of carbonyl (C=O) groups is 1. The number of aromatic nitrogens is 1. The van der Waals surface area contributed by atoms with Crippen LogP contribution in [0.1, 0.15) is 29.3 Å². The van der Waals surface area contributed by atoms with Crippen LogP contribution >= 0.6 is 11.3 Å². The van der Waals surface area contributed by atoms with Crippen molar-refractivity contribution in [2.24, 2.45) is 0 Å². The Bertz CT molecular complexity index is 1070. The van der Waals surface area contributed by atoms with Gasteiger partial charge in [0.15, 0.2) is 0 Å². The van der Waals surface area contributed by atoms with Gasteiger partial charge >= 0.3 is 0 Å². The highest BCUT2D eigenvalue weighted by atomic mass is 32.1. The van der Waals surface area contributed by atoms with Gasteiger partial charge in [0.1, 0.15) is 5.82 Å². The van der Waals surface area contributed by atoms with Gasteiger partial charge in [0.05, 0.1) is 40.7 Å². The molecule has 0 atom stereocenters. The highest BCUT2D eigenvalue weighted by Crippen LogP contribution is 2.33. The third-order valence-electron chi connectivity index (χ3n) is 6.47. The van der Waals surface area contributed by atoms with Crippen LogP contribution in [0.25, 0.3) is 10.2 Å². The zero-order chi connectivity index (χ0) is 22.6. The molecular formula is C25H29FN4O2S. The Kier molecular flexibility index (Phi) is 6.85. The van der Waals surface area contributed by atoms with Gasteiger partial charge in [-0.3, -0.25) is 9.69 Å². The Morgan fingerprint density at radius 3 is 2.67 bits per heavy atom. The van der Waals surface area contributed by atoms with Crippen LogP contribution in [0.2, 0.25) is 0 Å². The molecule has 0 saturated carbocycles. The van der Waals surface area contributed by atoms with Crippen molar-refractivity contribution < 1.29 is 13.9 Å². The number of ether oxygens (including phenoxy) is 1. The average Bonchev–Trinajstić information content (AvgIpc) is 3.28. The van der Waals surface area contributed by atoms with Gasteiger partial charge in [0.25, 0.3) is 0 Å². The third-order valence-corrected chi connectivity index (χ3v) is 7.67. The summed E-state index contributed by atoms with van der Waals surface area (Å²) in [6.45, 7) is 5.12. The van der Waals surface area contributed by atoms with Gasteiger partial charge in [-0.1, -0.05) is 18.2 Å². The van der Waals surface area contributed by atoms with Crippen molar-refractivity contribution >= 4 is 33.1 Å². The molecule has 2 aliphatic rings. The molecule has 0 bridgehead atoms. The molecule has 3 heterocycles. The number of halogens is 1. The molecule has 2 aliphatic heterocycles. The standard InChI is InChI=1S/C25H29FN4O2S/c26-20-15-18(5-6-22(20)30-11-13-32-14-12-30)16-27-24(31)17-29-9-7-19(8-10-29)25-28-21-3-1-2-4-23(21)33-25/h1-6,15,19H,7-14,16-17H2,(H,27,31). The number of thiazole rings is 1. The SMILES string of the molecule is O=C(CN1CCC(c2nc3ccccc3s2)CC1)NCc1ccc(N2CCOCC2)c(F)c1. The van der Waals surface area contributed by atoms with E-state index in [0.717, 1.165) is 37.0 Å². The van der Waals surface area contributed by atoms with Crippen molar-refractivity contribution in [1.82, 2.24) is 15.2 Å². The largest absolute Gasteiger partial charge is 0.378 e. The summed E-state index contributed by atoms with van der Waals surface area (Å²) >= 11 is 1.79. The minimum absolute atomic E-state index is 0.0221. The summed E-state index contributed by atoms with van der Waals surface area (Å²) in [6, 6.07) is 13.5. The quantitative estimate of drug-likeness (QED) is 0.597. The molecule has 1 amide bonds. The highest BCUT2D eigenvalue weighted by molar-refractivity contribution is 7.18. The van der Waals surface area contributed by atoms with E-state index >= 15 is 0 Å². The number of benzene rings is 2. The summed E-state index contributed by atoms with van der Waals surface area (Å²) in [7, 11) is 0. The molecule has 0 aliphatic carbocycles.